The highest BCUT2D eigenvalue weighted by Gasteiger charge is 2.43. The molecule has 1 saturated heterocycles. The zero-order valence-corrected chi connectivity index (χ0v) is 28.4. The van der Waals surface area contributed by atoms with Crippen LogP contribution in [0.15, 0.2) is 35.2 Å². The molecule has 1 saturated carbocycles. The van der Waals surface area contributed by atoms with Crippen LogP contribution in [0.3, 0.4) is 0 Å². The molecule has 0 bridgehead atoms. The van der Waals surface area contributed by atoms with Crippen LogP contribution in [0, 0.1) is 23.2 Å². The number of amides is 2. The summed E-state index contributed by atoms with van der Waals surface area (Å²) in [5, 5.41) is 21.1. The van der Waals surface area contributed by atoms with Gasteiger partial charge in [0, 0.05) is 40.6 Å². The Bertz CT molecular complexity index is 1080. The highest BCUT2D eigenvalue weighted by molar-refractivity contribution is 7.99. The first-order chi connectivity index (χ1) is 20.1. The summed E-state index contributed by atoms with van der Waals surface area (Å²) in [6.07, 6.45) is 4.64. The number of hydrogen-bond acceptors (Lipinski definition) is 7. The molecule has 0 spiro atoms. The van der Waals surface area contributed by atoms with Crippen LogP contribution in [-0.4, -0.2) is 83.3 Å². The molecule has 3 rings (SSSR count). The van der Waals surface area contributed by atoms with Gasteiger partial charge in [0.1, 0.15) is 0 Å². The van der Waals surface area contributed by atoms with E-state index in [-0.39, 0.29) is 35.2 Å². The van der Waals surface area contributed by atoms with E-state index in [1.54, 1.807) is 32.7 Å². The number of hydrogen-bond donors (Lipinski definition) is 4. The summed E-state index contributed by atoms with van der Waals surface area (Å²) >= 11 is 1.58. The number of carbonyl (C=O) groups is 3. The Morgan fingerprint density at radius 2 is 1.65 bits per heavy atom. The number of β-amino-alcohol motifs (C(OH)–C–C–N with tert-alkyl or cyclic N) is 1. The van der Waals surface area contributed by atoms with Crippen molar-refractivity contribution in [1.29, 1.82) is 0 Å². The number of benzene rings is 1. The molecule has 7 atom stereocenters. The van der Waals surface area contributed by atoms with Gasteiger partial charge in [-0.15, -0.1) is 11.8 Å². The largest absolute Gasteiger partial charge is 0.390 e. The first kappa shape index (κ1) is 35.5. The SMILES string of the molecule is CN[C@H](C)C(=O)C(C)(C)[C@@H](C)C(=O)N[C@@H](CSc1ccccc1)[C@H](O)CN1CC2CCCCC2C[C@H]1C(=O)NC(C)(C)C. The van der Waals surface area contributed by atoms with Gasteiger partial charge in [-0.3, -0.25) is 19.3 Å². The Morgan fingerprint density at radius 1 is 1.02 bits per heavy atom. The molecule has 1 aliphatic carbocycles. The molecule has 0 radical (unpaired) electrons. The van der Waals surface area contributed by atoms with Crippen LogP contribution >= 0.6 is 11.8 Å². The van der Waals surface area contributed by atoms with Crippen molar-refractivity contribution >= 4 is 29.4 Å². The molecule has 1 aromatic rings. The van der Waals surface area contributed by atoms with Crippen molar-refractivity contribution in [2.75, 3.05) is 25.9 Å². The summed E-state index contributed by atoms with van der Waals surface area (Å²) in [4.78, 5) is 43.5. The number of likely N-dealkylation sites (tertiary alicyclic amines) is 1. The number of aliphatic hydroxyl groups is 1. The van der Waals surface area contributed by atoms with E-state index in [0.717, 1.165) is 30.7 Å². The lowest BCUT2D eigenvalue weighted by Crippen LogP contribution is -2.60. The van der Waals surface area contributed by atoms with Crippen molar-refractivity contribution < 1.29 is 19.5 Å². The second-order valence-corrected chi connectivity index (χ2v) is 15.5. The summed E-state index contributed by atoms with van der Waals surface area (Å²) in [5.74, 6) is 0.633. The van der Waals surface area contributed by atoms with Gasteiger partial charge in [0.25, 0.3) is 0 Å². The third-order valence-corrected chi connectivity index (χ3v) is 10.8. The van der Waals surface area contributed by atoms with Crippen LogP contribution in [0.2, 0.25) is 0 Å². The van der Waals surface area contributed by atoms with E-state index in [9.17, 15) is 19.5 Å². The van der Waals surface area contributed by atoms with Gasteiger partial charge in [-0.25, -0.2) is 0 Å². The molecule has 2 amide bonds. The number of carbonyl (C=O) groups excluding carboxylic acids is 3. The Morgan fingerprint density at radius 3 is 2.26 bits per heavy atom. The summed E-state index contributed by atoms with van der Waals surface area (Å²) < 4.78 is 0. The molecule has 2 fully saturated rings. The standard InChI is InChI=1S/C34H56N4O4S/c1-22(34(6,7)30(40)23(2)35-8)31(41)36-27(21-43-26-16-10-9-11-17-26)29(39)20-38-19-25-15-13-12-14-24(25)18-28(38)32(42)37-33(3,4)5/h9-11,16-17,22-25,27-29,35,39H,12-15,18-21H2,1-8H3,(H,36,41)(H,37,42)/t22-,23+,24?,25?,27-,28-,29+/m0/s1. The van der Waals surface area contributed by atoms with E-state index in [1.807, 2.05) is 65.0 Å². The zero-order chi connectivity index (χ0) is 31.9. The van der Waals surface area contributed by atoms with Crippen molar-refractivity contribution in [2.45, 2.75) is 115 Å². The molecule has 2 aliphatic rings. The van der Waals surface area contributed by atoms with Gasteiger partial charge in [0.2, 0.25) is 11.8 Å². The first-order valence-electron chi connectivity index (χ1n) is 16.1. The van der Waals surface area contributed by atoms with Gasteiger partial charge >= 0.3 is 0 Å². The van der Waals surface area contributed by atoms with Gasteiger partial charge in [0.15, 0.2) is 5.78 Å². The van der Waals surface area contributed by atoms with Crippen molar-refractivity contribution in [1.82, 2.24) is 20.9 Å². The average molecular weight is 617 g/mol. The normalized spacial score (nSPS) is 24.3. The maximum atomic E-state index is 13.7. The molecule has 0 aromatic heterocycles. The molecular weight excluding hydrogens is 560 g/mol. The van der Waals surface area contributed by atoms with E-state index in [0.29, 0.717) is 24.1 Å². The Balaban J connectivity index is 1.81. The van der Waals surface area contributed by atoms with E-state index in [2.05, 4.69) is 20.9 Å². The van der Waals surface area contributed by atoms with Crippen molar-refractivity contribution in [2.24, 2.45) is 23.2 Å². The van der Waals surface area contributed by atoms with Crippen molar-refractivity contribution in [3.63, 3.8) is 0 Å². The highest BCUT2D eigenvalue weighted by atomic mass is 32.2. The van der Waals surface area contributed by atoms with Gasteiger partial charge < -0.3 is 21.1 Å². The summed E-state index contributed by atoms with van der Waals surface area (Å²) in [5.41, 5.74) is -1.24. The van der Waals surface area contributed by atoms with Gasteiger partial charge in [-0.2, -0.15) is 0 Å². The molecule has 1 aliphatic heterocycles. The molecule has 1 aromatic carbocycles. The van der Waals surface area contributed by atoms with Crippen molar-refractivity contribution in [3.05, 3.63) is 30.3 Å². The zero-order valence-electron chi connectivity index (χ0n) is 27.6. The molecular formula is C34H56N4O4S. The molecule has 43 heavy (non-hydrogen) atoms. The number of rotatable bonds is 13. The fourth-order valence-electron chi connectivity index (χ4n) is 6.48. The molecule has 9 heteroatoms. The number of fused-ring (bicyclic) bond motifs is 1. The van der Waals surface area contributed by atoms with Crippen LogP contribution in [0.5, 0.6) is 0 Å². The number of Topliss-reactive ketones (excluding diaryl/α,β-unsaturated/α-hetero) is 1. The maximum absolute atomic E-state index is 13.7. The first-order valence-corrected chi connectivity index (χ1v) is 17.1. The van der Waals surface area contributed by atoms with Gasteiger partial charge in [-0.05, 0) is 71.6 Å². The number of nitrogens with one attached hydrogen (secondary N) is 3. The van der Waals surface area contributed by atoms with Crippen LogP contribution < -0.4 is 16.0 Å². The van der Waals surface area contributed by atoms with E-state index < -0.39 is 23.5 Å². The molecule has 2 unspecified atom stereocenters. The van der Waals surface area contributed by atoms with Gasteiger partial charge in [-0.1, -0.05) is 58.2 Å². The van der Waals surface area contributed by atoms with Crippen LogP contribution in [0.1, 0.15) is 80.6 Å². The molecule has 242 valence electrons. The second-order valence-electron chi connectivity index (χ2n) is 14.4. The monoisotopic (exact) mass is 616 g/mol. The molecule has 1 heterocycles. The Labute approximate surface area is 263 Å². The fraction of sp³-hybridized carbons (Fsp3) is 0.735. The maximum Gasteiger partial charge on any atom is 0.237 e. The number of piperidine rings is 1. The summed E-state index contributed by atoms with van der Waals surface area (Å²) in [6, 6.07) is 8.67. The van der Waals surface area contributed by atoms with Crippen LogP contribution in [0.25, 0.3) is 0 Å². The van der Waals surface area contributed by atoms with E-state index >= 15 is 0 Å². The number of ketones is 1. The minimum absolute atomic E-state index is 0.00973. The third-order valence-electron chi connectivity index (χ3n) is 9.63. The lowest BCUT2D eigenvalue weighted by atomic mass is 9.72. The lowest BCUT2D eigenvalue weighted by Gasteiger charge is -2.47. The summed E-state index contributed by atoms with van der Waals surface area (Å²) in [6.45, 7) is 14.3. The second kappa shape index (κ2) is 15.4. The lowest BCUT2D eigenvalue weighted by molar-refractivity contribution is -0.140. The topological polar surface area (TPSA) is 111 Å². The Hall–Kier alpha value is -1.94. The molecule has 4 N–H and O–H groups in total. The molecule has 8 nitrogen and oxygen atoms in total. The van der Waals surface area contributed by atoms with Crippen LogP contribution in [0.4, 0.5) is 0 Å². The van der Waals surface area contributed by atoms with E-state index in [4.69, 9.17) is 0 Å². The number of aliphatic hydroxyl groups excluding tert-OH is 1. The highest BCUT2D eigenvalue weighted by Crippen LogP contribution is 2.39. The van der Waals surface area contributed by atoms with Gasteiger partial charge in [0.05, 0.1) is 24.2 Å². The smallest absolute Gasteiger partial charge is 0.237 e. The minimum atomic E-state index is -0.896. The third kappa shape index (κ3) is 9.77. The predicted molar refractivity (Wildman–Crippen MR) is 175 cm³/mol. The average Bonchev–Trinajstić information content (AvgIpc) is 2.96. The predicted octanol–water partition coefficient (Wildman–Crippen LogP) is 4.26. The number of nitrogens with zero attached hydrogens (tertiary/aromatic N) is 1. The minimum Gasteiger partial charge on any atom is -0.390 e. The quantitative estimate of drug-likeness (QED) is 0.245. The Kier molecular flexibility index (Phi) is 12.7. The number of thioether (sulfide) groups is 1. The van der Waals surface area contributed by atoms with Crippen molar-refractivity contribution in [3.8, 4) is 0 Å². The van der Waals surface area contributed by atoms with E-state index in [1.165, 1.54) is 12.8 Å². The van der Waals surface area contributed by atoms with Crippen LogP contribution in [-0.2, 0) is 14.4 Å². The summed E-state index contributed by atoms with van der Waals surface area (Å²) in [7, 11) is 1.74. The number of likely N-dealkylation sites (N-methyl/N-ethyl adjacent to an activating group) is 1. The fourth-order valence-corrected chi connectivity index (χ4v) is 7.51.